The van der Waals surface area contributed by atoms with Gasteiger partial charge in [-0.15, -0.1) is 0 Å². The topological polar surface area (TPSA) is 61.8 Å². The standard InChI is InChI=1S/C20H22O5/c1-4-25-19(22)13-18(21)20(14-5-9-16(23-2)10-6-14)15-7-11-17(24-3)12-8-15/h5-12,20H,4,13H2,1-3H3. The van der Waals surface area contributed by atoms with Gasteiger partial charge in [0.1, 0.15) is 17.9 Å². The summed E-state index contributed by atoms with van der Waals surface area (Å²) in [5.74, 6) is 0.125. The Morgan fingerprint density at radius 2 is 1.28 bits per heavy atom. The SMILES string of the molecule is CCOC(=O)CC(=O)C(c1ccc(OC)cc1)c1ccc(OC)cc1. The first-order valence-corrected chi connectivity index (χ1v) is 8.05. The summed E-state index contributed by atoms with van der Waals surface area (Å²) in [6.45, 7) is 1.97. The van der Waals surface area contributed by atoms with Crippen LogP contribution >= 0.6 is 0 Å². The van der Waals surface area contributed by atoms with Crippen molar-refractivity contribution in [1.29, 1.82) is 0 Å². The normalized spacial score (nSPS) is 10.4. The predicted molar refractivity (Wildman–Crippen MR) is 94.1 cm³/mol. The van der Waals surface area contributed by atoms with Crippen LogP contribution in [0.1, 0.15) is 30.4 Å². The van der Waals surface area contributed by atoms with Crippen molar-refractivity contribution in [2.24, 2.45) is 0 Å². The lowest BCUT2D eigenvalue weighted by molar-refractivity contribution is -0.145. The number of hydrogen-bond acceptors (Lipinski definition) is 5. The zero-order valence-corrected chi connectivity index (χ0v) is 14.7. The first-order valence-electron chi connectivity index (χ1n) is 8.05. The summed E-state index contributed by atoms with van der Waals surface area (Å²) < 4.78 is 15.2. The number of carbonyl (C=O) groups is 2. The van der Waals surface area contributed by atoms with Crippen molar-refractivity contribution in [3.63, 3.8) is 0 Å². The number of benzene rings is 2. The van der Waals surface area contributed by atoms with E-state index in [1.165, 1.54) is 0 Å². The van der Waals surface area contributed by atoms with E-state index in [0.717, 1.165) is 11.1 Å². The van der Waals surface area contributed by atoms with Crippen LogP contribution in [0.25, 0.3) is 0 Å². The second kappa shape index (κ2) is 8.87. The number of hydrogen-bond donors (Lipinski definition) is 0. The van der Waals surface area contributed by atoms with Crippen LogP contribution in [0.15, 0.2) is 48.5 Å². The molecule has 0 saturated heterocycles. The number of rotatable bonds is 8. The van der Waals surface area contributed by atoms with E-state index in [1.54, 1.807) is 45.4 Å². The summed E-state index contributed by atoms with van der Waals surface area (Å²) in [5, 5.41) is 0. The highest BCUT2D eigenvalue weighted by atomic mass is 16.5. The molecule has 0 spiro atoms. The quantitative estimate of drug-likeness (QED) is 0.544. The molecule has 0 heterocycles. The van der Waals surface area contributed by atoms with Gasteiger partial charge >= 0.3 is 5.97 Å². The van der Waals surface area contributed by atoms with Gasteiger partial charge in [-0.1, -0.05) is 24.3 Å². The molecule has 0 unspecified atom stereocenters. The minimum Gasteiger partial charge on any atom is -0.497 e. The third-order valence-electron chi connectivity index (χ3n) is 3.84. The lowest BCUT2D eigenvalue weighted by Crippen LogP contribution is -2.19. The van der Waals surface area contributed by atoms with Crippen LogP contribution < -0.4 is 9.47 Å². The molecule has 0 aliphatic heterocycles. The molecule has 0 atom stereocenters. The molecule has 0 aliphatic rings. The lowest BCUT2D eigenvalue weighted by atomic mass is 9.86. The van der Waals surface area contributed by atoms with E-state index in [9.17, 15) is 9.59 Å². The number of ether oxygens (including phenoxy) is 3. The summed E-state index contributed by atoms with van der Waals surface area (Å²) in [4.78, 5) is 24.5. The van der Waals surface area contributed by atoms with E-state index in [2.05, 4.69) is 0 Å². The minimum atomic E-state index is -0.554. The fourth-order valence-electron chi connectivity index (χ4n) is 2.61. The second-order valence-corrected chi connectivity index (χ2v) is 5.43. The highest BCUT2D eigenvalue weighted by Crippen LogP contribution is 2.29. The van der Waals surface area contributed by atoms with Crippen molar-refractivity contribution in [2.75, 3.05) is 20.8 Å². The lowest BCUT2D eigenvalue weighted by Gasteiger charge is -2.17. The molecule has 0 aromatic heterocycles. The molecule has 25 heavy (non-hydrogen) atoms. The Kier molecular flexibility index (Phi) is 6.57. The third kappa shape index (κ3) is 4.83. The average molecular weight is 342 g/mol. The van der Waals surface area contributed by atoms with Crippen LogP contribution in [0.5, 0.6) is 11.5 Å². The van der Waals surface area contributed by atoms with E-state index >= 15 is 0 Å². The molecule has 0 amide bonds. The smallest absolute Gasteiger partial charge is 0.313 e. The molecule has 2 aromatic carbocycles. The van der Waals surface area contributed by atoms with Gasteiger partial charge in [0, 0.05) is 0 Å². The maximum atomic E-state index is 12.8. The Labute approximate surface area is 147 Å². The first-order chi connectivity index (χ1) is 12.1. The van der Waals surface area contributed by atoms with Gasteiger partial charge in [-0.2, -0.15) is 0 Å². The molecule has 0 fully saturated rings. The zero-order valence-electron chi connectivity index (χ0n) is 14.7. The van der Waals surface area contributed by atoms with Gasteiger partial charge in [-0.25, -0.2) is 0 Å². The van der Waals surface area contributed by atoms with Crippen molar-refractivity contribution in [1.82, 2.24) is 0 Å². The predicted octanol–water partition coefficient (Wildman–Crippen LogP) is 3.36. The van der Waals surface area contributed by atoms with Crippen molar-refractivity contribution < 1.29 is 23.8 Å². The Bertz CT molecular complexity index is 656. The molecule has 0 bridgehead atoms. The summed E-state index contributed by atoms with van der Waals surface area (Å²) in [6.07, 6.45) is -0.267. The van der Waals surface area contributed by atoms with E-state index < -0.39 is 11.9 Å². The number of ketones is 1. The highest BCUT2D eigenvalue weighted by molar-refractivity contribution is 6.00. The molecule has 5 heteroatoms. The number of Topliss-reactive ketones (excluding diaryl/α,β-unsaturated/α-hetero) is 1. The van der Waals surface area contributed by atoms with Gasteiger partial charge < -0.3 is 14.2 Å². The van der Waals surface area contributed by atoms with Crippen LogP contribution in [0.3, 0.4) is 0 Å². The largest absolute Gasteiger partial charge is 0.497 e. The van der Waals surface area contributed by atoms with Gasteiger partial charge in [0.25, 0.3) is 0 Å². The van der Waals surface area contributed by atoms with Gasteiger partial charge in [0.15, 0.2) is 5.78 Å². The van der Waals surface area contributed by atoms with Crippen LogP contribution in [0.4, 0.5) is 0 Å². The third-order valence-corrected chi connectivity index (χ3v) is 3.84. The van der Waals surface area contributed by atoms with Crippen LogP contribution in [0.2, 0.25) is 0 Å². The molecule has 0 saturated carbocycles. The van der Waals surface area contributed by atoms with E-state index in [-0.39, 0.29) is 18.8 Å². The van der Waals surface area contributed by atoms with Crippen LogP contribution in [-0.4, -0.2) is 32.6 Å². The molecule has 2 rings (SSSR count). The van der Waals surface area contributed by atoms with Crippen molar-refractivity contribution in [2.45, 2.75) is 19.3 Å². The monoisotopic (exact) mass is 342 g/mol. The molecule has 132 valence electrons. The van der Waals surface area contributed by atoms with E-state index in [0.29, 0.717) is 11.5 Å². The van der Waals surface area contributed by atoms with Gasteiger partial charge in [0.2, 0.25) is 0 Å². The summed E-state index contributed by atoms with van der Waals surface area (Å²) in [7, 11) is 3.17. The number of methoxy groups -OCH3 is 2. The average Bonchev–Trinajstić information content (AvgIpc) is 2.63. The summed E-state index contributed by atoms with van der Waals surface area (Å²) in [6, 6.07) is 14.5. The Balaban J connectivity index is 2.35. The fourth-order valence-corrected chi connectivity index (χ4v) is 2.61. The second-order valence-electron chi connectivity index (χ2n) is 5.43. The molecular formula is C20H22O5. The zero-order chi connectivity index (χ0) is 18.2. The summed E-state index contributed by atoms with van der Waals surface area (Å²) in [5.41, 5.74) is 1.58. The molecule has 2 aromatic rings. The Morgan fingerprint density at radius 3 is 1.64 bits per heavy atom. The summed E-state index contributed by atoms with van der Waals surface area (Å²) >= 11 is 0. The van der Waals surface area contributed by atoms with Crippen molar-refractivity contribution >= 4 is 11.8 Å². The number of carbonyl (C=O) groups excluding carboxylic acids is 2. The van der Waals surface area contributed by atoms with Crippen LogP contribution in [0, 0.1) is 0 Å². The fraction of sp³-hybridized carbons (Fsp3) is 0.300. The van der Waals surface area contributed by atoms with Crippen molar-refractivity contribution in [3.8, 4) is 11.5 Å². The Hall–Kier alpha value is -2.82. The Morgan fingerprint density at radius 1 is 0.840 bits per heavy atom. The maximum Gasteiger partial charge on any atom is 0.313 e. The van der Waals surface area contributed by atoms with E-state index in [1.807, 2.05) is 24.3 Å². The van der Waals surface area contributed by atoms with Gasteiger partial charge in [-0.3, -0.25) is 9.59 Å². The molecule has 5 nitrogen and oxygen atoms in total. The van der Waals surface area contributed by atoms with Crippen molar-refractivity contribution in [3.05, 3.63) is 59.7 Å². The van der Waals surface area contributed by atoms with E-state index in [4.69, 9.17) is 14.2 Å². The molecule has 0 N–H and O–H groups in total. The van der Waals surface area contributed by atoms with Gasteiger partial charge in [-0.05, 0) is 42.3 Å². The van der Waals surface area contributed by atoms with Gasteiger partial charge in [0.05, 0.1) is 26.7 Å². The van der Waals surface area contributed by atoms with Crippen LogP contribution in [-0.2, 0) is 14.3 Å². The highest BCUT2D eigenvalue weighted by Gasteiger charge is 2.25. The first kappa shape index (κ1) is 18.5. The molecule has 0 radical (unpaired) electrons. The maximum absolute atomic E-state index is 12.8. The molecule has 0 aliphatic carbocycles. The minimum absolute atomic E-state index is 0.214. The molecular weight excluding hydrogens is 320 g/mol. The number of esters is 1.